The molecule has 0 saturated carbocycles. The number of para-hydroxylation sites is 1. The number of nitrogens with zero attached hydrogens (tertiary/aromatic N) is 4. The fourth-order valence-electron chi connectivity index (χ4n) is 4.80. The van der Waals surface area contributed by atoms with Crippen LogP contribution in [0.1, 0.15) is 36.8 Å². The zero-order valence-corrected chi connectivity index (χ0v) is 23.6. The Balaban J connectivity index is 1.55. The number of carbonyl (C=O) groups excluding carboxylic acids is 1. The van der Waals surface area contributed by atoms with Crippen LogP contribution in [0.3, 0.4) is 0 Å². The molecule has 2 heterocycles. The van der Waals surface area contributed by atoms with Crippen molar-refractivity contribution in [3.8, 4) is 23.0 Å². The molecule has 208 valence electrons. The molecule has 0 bridgehead atoms. The van der Waals surface area contributed by atoms with Gasteiger partial charge in [0.25, 0.3) is 5.91 Å². The first-order chi connectivity index (χ1) is 19.8. The molecule has 1 aliphatic heterocycles. The summed E-state index contributed by atoms with van der Waals surface area (Å²) in [5.41, 5.74) is 3.84. The highest BCUT2D eigenvalue weighted by Gasteiger charge is 2.26. The van der Waals surface area contributed by atoms with Crippen LogP contribution in [0.2, 0.25) is 0 Å². The van der Waals surface area contributed by atoms with Crippen molar-refractivity contribution >= 4 is 27.7 Å². The summed E-state index contributed by atoms with van der Waals surface area (Å²) >= 11 is 0. The normalized spacial score (nSPS) is 14.7. The van der Waals surface area contributed by atoms with Crippen molar-refractivity contribution in [2.75, 3.05) is 18.4 Å². The van der Waals surface area contributed by atoms with Crippen LogP contribution in [0, 0.1) is 18.3 Å². The summed E-state index contributed by atoms with van der Waals surface area (Å²) in [6.45, 7) is 2.96. The third-order valence-corrected chi connectivity index (χ3v) is 8.94. The van der Waals surface area contributed by atoms with Crippen molar-refractivity contribution in [1.82, 2.24) is 14.1 Å². The van der Waals surface area contributed by atoms with E-state index in [1.54, 1.807) is 51.6 Å². The van der Waals surface area contributed by atoms with Crippen molar-refractivity contribution in [3.63, 3.8) is 0 Å². The van der Waals surface area contributed by atoms with Gasteiger partial charge in [-0.25, -0.2) is 13.1 Å². The average molecular weight is 566 g/mol. The monoisotopic (exact) mass is 565 g/mol. The second-order valence-corrected chi connectivity index (χ2v) is 12.0. The number of benzene rings is 3. The summed E-state index contributed by atoms with van der Waals surface area (Å²) in [7, 11) is -3.69. The van der Waals surface area contributed by atoms with Gasteiger partial charge in [-0.1, -0.05) is 60.9 Å². The summed E-state index contributed by atoms with van der Waals surface area (Å²) in [4.78, 5) is 13.2. The standard InChI is InChI=1S/C32H31N5O3S/c1-24-14-16-28(17-15-24)34-32(38)26(22-33)20-27-23-37(29-11-5-4-6-12-29)35-31(27)25-10-9-13-30(21-25)41(39,40)36-18-7-2-3-8-19-36/h4-6,9-17,20-21,23H,2-3,7-8,18-19H2,1H3,(H,34,38). The number of aromatic nitrogens is 2. The first-order valence-corrected chi connectivity index (χ1v) is 15.0. The van der Waals surface area contributed by atoms with E-state index in [9.17, 15) is 18.5 Å². The molecule has 41 heavy (non-hydrogen) atoms. The zero-order chi connectivity index (χ0) is 28.8. The van der Waals surface area contributed by atoms with Crippen molar-refractivity contribution in [3.05, 3.63) is 102 Å². The second-order valence-electron chi connectivity index (χ2n) is 10.0. The first kappa shape index (κ1) is 28.0. The Morgan fingerprint density at radius 1 is 0.951 bits per heavy atom. The lowest BCUT2D eigenvalue weighted by Crippen LogP contribution is -2.31. The zero-order valence-electron chi connectivity index (χ0n) is 22.8. The minimum absolute atomic E-state index is 0.104. The van der Waals surface area contributed by atoms with E-state index in [2.05, 4.69) is 5.32 Å². The van der Waals surface area contributed by atoms with Crippen LogP contribution in [-0.4, -0.2) is 41.5 Å². The van der Waals surface area contributed by atoms with Gasteiger partial charge in [-0.05, 0) is 62.2 Å². The van der Waals surface area contributed by atoms with Crippen molar-refractivity contribution in [1.29, 1.82) is 5.26 Å². The number of anilines is 1. The van der Waals surface area contributed by atoms with Gasteiger partial charge in [-0.2, -0.15) is 14.7 Å². The Bertz CT molecular complexity index is 1710. The van der Waals surface area contributed by atoms with E-state index in [0.717, 1.165) is 36.9 Å². The van der Waals surface area contributed by atoms with E-state index >= 15 is 0 Å². The van der Waals surface area contributed by atoms with E-state index < -0.39 is 15.9 Å². The molecule has 0 radical (unpaired) electrons. The van der Waals surface area contributed by atoms with Crippen LogP contribution in [0.15, 0.2) is 95.5 Å². The topological polar surface area (TPSA) is 108 Å². The minimum Gasteiger partial charge on any atom is -0.321 e. The van der Waals surface area contributed by atoms with Gasteiger partial charge in [0.1, 0.15) is 17.3 Å². The second kappa shape index (κ2) is 12.3. The molecular weight excluding hydrogens is 534 g/mol. The summed E-state index contributed by atoms with van der Waals surface area (Å²) in [6.07, 6.45) is 6.96. The molecule has 0 unspecified atom stereocenters. The molecule has 4 aromatic rings. The third-order valence-electron chi connectivity index (χ3n) is 7.05. The molecule has 1 saturated heterocycles. The van der Waals surface area contributed by atoms with Gasteiger partial charge >= 0.3 is 0 Å². The average Bonchev–Trinajstić information content (AvgIpc) is 3.21. The molecule has 1 fully saturated rings. The van der Waals surface area contributed by atoms with Gasteiger partial charge in [0, 0.05) is 36.1 Å². The van der Waals surface area contributed by atoms with Gasteiger partial charge in [0.2, 0.25) is 10.0 Å². The van der Waals surface area contributed by atoms with Gasteiger partial charge in [0.05, 0.1) is 10.6 Å². The van der Waals surface area contributed by atoms with Crippen molar-refractivity contribution in [2.24, 2.45) is 0 Å². The lowest BCUT2D eigenvalue weighted by molar-refractivity contribution is -0.112. The molecule has 8 nitrogen and oxygen atoms in total. The molecule has 0 atom stereocenters. The summed E-state index contributed by atoms with van der Waals surface area (Å²) in [6, 6.07) is 25.5. The van der Waals surface area contributed by atoms with Gasteiger partial charge in [-0.3, -0.25) is 4.79 Å². The van der Waals surface area contributed by atoms with E-state index in [0.29, 0.717) is 35.6 Å². The van der Waals surface area contributed by atoms with Crippen LogP contribution < -0.4 is 5.32 Å². The fourth-order valence-corrected chi connectivity index (χ4v) is 6.37. The van der Waals surface area contributed by atoms with E-state index in [1.165, 1.54) is 6.08 Å². The minimum atomic E-state index is -3.69. The molecule has 0 spiro atoms. The molecule has 5 rings (SSSR count). The molecule has 1 N–H and O–H groups in total. The molecule has 1 amide bonds. The number of nitriles is 1. The number of aryl methyl sites for hydroxylation is 1. The summed E-state index contributed by atoms with van der Waals surface area (Å²) in [5.74, 6) is -0.549. The SMILES string of the molecule is Cc1ccc(NC(=O)C(C#N)=Cc2cn(-c3ccccc3)nc2-c2cccc(S(=O)(=O)N3CCCCCC3)c2)cc1. The molecule has 3 aromatic carbocycles. The Labute approximate surface area is 240 Å². The molecule has 0 aliphatic carbocycles. The van der Waals surface area contributed by atoms with Gasteiger partial charge in [-0.15, -0.1) is 0 Å². The van der Waals surface area contributed by atoms with E-state index in [-0.39, 0.29) is 10.5 Å². The Hall–Kier alpha value is -4.52. The van der Waals surface area contributed by atoms with Gasteiger partial charge in [0.15, 0.2) is 0 Å². The Kier molecular flexibility index (Phi) is 8.43. The largest absolute Gasteiger partial charge is 0.321 e. The smallest absolute Gasteiger partial charge is 0.266 e. The number of hydrogen-bond donors (Lipinski definition) is 1. The van der Waals surface area contributed by atoms with Crippen molar-refractivity contribution in [2.45, 2.75) is 37.5 Å². The van der Waals surface area contributed by atoms with Crippen LogP contribution in [0.4, 0.5) is 5.69 Å². The highest BCUT2D eigenvalue weighted by atomic mass is 32.2. The number of carbonyl (C=O) groups is 1. The highest BCUT2D eigenvalue weighted by molar-refractivity contribution is 7.89. The predicted octanol–water partition coefficient (Wildman–Crippen LogP) is 5.96. The lowest BCUT2D eigenvalue weighted by atomic mass is 10.1. The number of rotatable bonds is 7. The molecule has 1 aliphatic rings. The highest BCUT2D eigenvalue weighted by Crippen LogP contribution is 2.29. The summed E-state index contributed by atoms with van der Waals surface area (Å²) < 4.78 is 30.3. The van der Waals surface area contributed by atoms with Crippen LogP contribution in [-0.2, 0) is 14.8 Å². The number of hydrogen-bond acceptors (Lipinski definition) is 5. The molecule has 9 heteroatoms. The number of sulfonamides is 1. The van der Waals surface area contributed by atoms with Gasteiger partial charge < -0.3 is 5.32 Å². The number of amides is 1. The fraction of sp³-hybridized carbons (Fsp3) is 0.219. The quantitative estimate of drug-likeness (QED) is 0.220. The molecule has 1 aromatic heterocycles. The summed E-state index contributed by atoms with van der Waals surface area (Å²) in [5, 5.41) is 17.4. The first-order valence-electron chi connectivity index (χ1n) is 13.6. The molecular formula is C32H31N5O3S. The van der Waals surface area contributed by atoms with E-state index in [1.807, 2.05) is 55.5 Å². The Morgan fingerprint density at radius 3 is 2.34 bits per heavy atom. The third kappa shape index (κ3) is 6.46. The Morgan fingerprint density at radius 2 is 1.66 bits per heavy atom. The number of nitrogens with one attached hydrogen (secondary N) is 1. The maximum atomic E-state index is 13.5. The van der Waals surface area contributed by atoms with Crippen LogP contribution >= 0.6 is 0 Å². The maximum absolute atomic E-state index is 13.5. The maximum Gasteiger partial charge on any atom is 0.266 e. The van der Waals surface area contributed by atoms with Crippen LogP contribution in [0.5, 0.6) is 0 Å². The van der Waals surface area contributed by atoms with Crippen molar-refractivity contribution < 1.29 is 13.2 Å². The van der Waals surface area contributed by atoms with E-state index in [4.69, 9.17) is 5.10 Å². The lowest BCUT2D eigenvalue weighted by Gasteiger charge is -2.20. The van der Waals surface area contributed by atoms with Crippen LogP contribution in [0.25, 0.3) is 23.0 Å². The predicted molar refractivity (Wildman–Crippen MR) is 160 cm³/mol.